The molecule has 0 N–H and O–H groups in total. The Labute approximate surface area is 198 Å². The molecule has 2 aromatic rings. The lowest BCUT2D eigenvalue weighted by atomic mass is 10.1. The molecule has 132 valence electrons. The lowest BCUT2D eigenvalue weighted by Crippen LogP contribution is -1.98. The monoisotopic (exact) mass is 718 g/mol. The number of halogens is 6. The Kier molecular flexibility index (Phi) is 8.49. The van der Waals surface area contributed by atoms with Crippen LogP contribution in [0.5, 0.6) is 11.5 Å². The van der Waals surface area contributed by atoms with Gasteiger partial charge in [0.05, 0.1) is 0 Å². The molecule has 0 unspecified atom stereocenters. The average Bonchev–Trinajstić information content (AvgIpc) is 2.58. The second-order valence-corrected chi connectivity index (χ2v) is 9.89. The van der Waals surface area contributed by atoms with Crippen molar-refractivity contribution in [3.8, 4) is 11.5 Å². The zero-order valence-corrected chi connectivity index (χ0v) is 22.3. The molecule has 2 rings (SSSR count). The topological polar surface area (TPSA) is 9.23 Å². The summed E-state index contributed by atoms with van der Waals surface area (Å²) in [6.45, 7) is 7.69. The zero-order chi connectivity index (χ0) is 18.7. The molecule has 2 aromatic carbocycles. The van der Waals surface area contributed by atoms with Gasteiger partial charge in [0.15, 0.2) is 0 Å². The van der Waals surface area contributed by atoms with Crippen LogP contribution in [0.3, 0.4) is 0 Å². The van der Waals surface area contributed by atoms with Crippen molar-refractivity contribution in [2.24, 2.45) is 0 Å². The van der Waals surface area contributed by atoms with Gasteiger partial charge in [-0.2, -0.15) is 0 Å². The third kappa shape index (κ3) is 4.91. The van der Waals surface area contributed by atoms with Gasteiger partial charge in [-0.05, 0) is 121 Å². The van der Waals surface area contributed by atoms with Crippen LogP contribution in [0.15, 0.2) is 64.3 Å². The van der Waals surface area contributed by atoms with E-state index in [1.165, 1.54) is 0 Å². The lowest BCUT2D eigenvalue weighted by Gasteiger charge is -2.18. The fourth-order valence-corrected chi connectivity index (χ4v) is 5.39. The van der Waals surface area contributed by atoms with Gasteiger partial charge in [-0.3, -0.25) is 0 Å². The van der Waals surface area contributed by atoms with E-state index in [2.05, 4.69) is 109 Å². The molecule has 0 radical (unpaired) electrons. The van der Waals surface area contributed by atoms with Crippen LogP contribution in [0, 0.1) is 0 Å². The van der Waals surface area contributed by atoms with E-state index < -0.39 is 0 Å². The molecule has 7 heteroatoms. The minimum Gasteiger partial charge on any atom is -0.457 e. The molecule has 0 saturated carbocycles. The van der Waals surface area contributed by atoms with Gasteiger partial charge < -0.3 is 4.74 Å². The highest BCUT2D eigenvalue weighted by molar-refractivity contribution is 9.15. The zero-order valence-electron chi connectivity index (χ0n) is 12.8. The van der Waals surface area contributed by atoms with Crippen LogP contribution < -0.4 is 4.74 Å². The van der Waals surface area contributed by atoms with E-state index in [4.69, 9.17) is 4.74 Å². The maximum absolute atomic E-state index is 6.32. The molecule has 25 heavy (non-hydrogen) atoms. The van der Waals surface area contributed by atoms with Gasteiger partial charge in [0.1, 0.15) is 11.5 Å². The predicted molar refractivity (Wildman–Crippen MR) is 127 cm³/mol. The van der Waals surface area contributed by atoms with Gasteiger partial charge in [-0.15, -0.1) is 13.2 Å². The quantitative estimate of drug-likeness (QED) is 0.213. The molecule has 0 atom stereocenters. The van der Waals surface area contributed by atoms with Crippen molar-refractivity contribution in [2.45, 2.75) is 12.8 Å². The molecule has 0 aliphatic heterocycles. The van der Waals surface area contributed by atoms with E-state index in [1.54, 1.807) is 0 Å². The molecule has 0 bridgehead atoms. The van der Waals surface area contributed by atoms with Gasteiger partial charge in [0.25, 0.3) is 0 Å². The Hall–Kier alpha value is 0.600. The molecule has 0 fully saturated rings. The highest BCUT2D eigenvalue weighted by Gasteiger charge is 2.19. The Morgan fingerprint density at radius 2 is 1.04 bits per heavy atom. The molecule has 0 saturated heterocycles. The van der Waals surface area contributed by atoms with Gasteiger partial charge in [-0.25, -0.2) is 0 Å². The van der Waals surface area contributed by atoms with Crippen molar-refractivity contribution >= 4 is 95.6 Å². The van der Waals surface area contributed by atoms with Crippen LogP contribution in [0.2, 0.25) is 0 Å². The maximum Gasteiger partial charge on any atom is 0.133 e. The second-order valence-electron chi connectivity index (χ2n) is 5.01. The normalized spacial score (nSPS) is 10.6. The molecule has 0 amide bonds. The fourth-order valence-electron chi connectivity index (χ4n) is 2.19. The van der Waals surface area contributed by atoms with E-state index in [0.717, 1.165) is 49.5 Å². The molecule has 0 aliphatic rings. The molecular weight excluding hydrogens is 712 g/mol. The molecule has 0 aromatic heterocycles. The number of benzene rings is 2. The Balaban J connectivity index is 2.64. The van der Waals surface area contributed by atoms with Crippen molar-refractivity contribution in [3.63, 3.8) is 0 Å². The highest BCUT2D eigenvalue weighted by Crippen LogP contribution is 2.45. The molecular formula is C18H12Br6O. The minimum atomic E-state index is 0.678. The SMILES string of the molecule is C=CCc1c(Oc2cc(Br)c(Br)c(Br)c2CC=C)cc(Br)c(Br)c1Br. The first kappa shape index (κ1) is 21.9. The summed E-state index contributed by atoms with van der Waals surface area (Å²) in [5.74, 6) is 1.52. The van der Waals surface area contributed by atoms with E-state index in [-0.39, 0.29) is 0 Å². The predicted octanol–water partition coefficient (Wildman–Crippen LogP) is 9.51. The summed E-state index contributed by atoms with van der Waals surface area (Å²) >= 11 is 21.5. The summed E-state index contributed by atoms with van der Waals surface area (Å²) in [4.78, 5) is 0. The lowest BCUT2D eigenvalue weighted by molar-refractivity contribution is 0.470. The summed E-state index contributed by atoms with van der Waals surface area (Å²) in [6, 6.07) is 3.91. The third-order valence-corrected chi connectivity index (χ3v) is 10.1. The second kappa shape index (κ2) is 9.69. The molecule has 0 spiro atoms. The standard InChI is InChI=1S/C18H12Br6O/c1-3-5-9-13(7-11(19)17(23)15(9)21)25-14-8-12(20)18(24)16(22)10(14)6-4-2/h3-4,7-8H,1-2,5-6H2. The summed E-state index contributed by atoms with van der Waals surface area (Å²) in [6.07, 6.45) is 5.06. The Bertz CT molecular complexity index is 775. The van der Waals surface area contributed by atoms with E-state index in [9.17, 15) is 0 Å². The van der Waals surface area contributed by atoms with Crippen LogP contribution in [0.1, 0.15) is 11.1 Å². The van der Waals surface area contributed by atoms with Gasteiger partial charge in [-0.1, -0.05) is 12.2 Å². The van der Waals surface area contributed by atoms with Crippen LogP contribution in [-0.4, -0.2) is 0 Å². The van der Waals surface area contributed by atoms with Crippen molar-refractivity contribution in [1.82, 2.24) is 0 Å². The smallest absolute Gasteiger partial charge is 0.133 e. The van der Waals surface area contributed by atoms with Crippen LogP contribution in [0.25, 0.3) is 0 Å². The largest absolute Gasteiger partial charge is 0.457 e. The van der Waals surface area contributed by atoms with E-state index in [0.29, 0.717) is 12.8 Å². The summed E-state index contributed by atoms with van der Waals surface area (Å²) in [5.41, 5.74) is 2.04. The van der Waals surface area contributed by atoms with Gasteiger partial charge >= 0.3 is 0 Å². The number of hydrogen-bond donors (Lipinski definition) is 0. The Morgan fingerprint density at radius 3 is 1.36 bits per heavy atom. The number of hydrogen-bond acceptors (Lipinski definition) is 1. The summed E-state index contributed by atoms with van der Waals surface area (Å²) in [7, 11) is 0. The Morgan fingerprint density at radius 1 is 0.680 bits per heavy atom. The van der Waals surface area contributed by atoms with Crippen LogP contribution in [0.4, 0.5) is 0 Å². The summed E-state index contributed by atoms with van der Waals surface area (Å²) < 4.78 is 11.9. The van der Waals surface area contributed by atoms with Gasteiger partial charge in [0, 0.05) is 38.0 Å². The highest BCUT2D eigenvalue weighted by atomic mass is 79.9. The van der Waals surface area contributed by atoms with Crippen LogP contribution >= 0.6 is 95.6 Å². The van der Waals surface area contributed by atoms with Crippen molar-refractivity contribution in [3.05, 3.63) is 75.4 Å². The van der Waals surface area contributed by atoms with Crippen molar-refractivity contribution in [1.29, 1.82) is 0 Å². The third-order valence-electron chi connectivity index (χ3n) is 3.36. The van der Waals surface area contributed by atoms with Crippen molar-refractivity contribution < 1.29 is 4.74 Å². The molecule has 1 nitrogen and oxygen atoms in total. The van der Waals surface area contributed by atoms with E-state index in [1.807, 2.05) is 24.3 Å². The average molecular weight is 724 g/mol. The number of allylic oxidation sites excluding steroid dienone is 2. The first-order chi connectivity index (χ1) is 11.8. The summed E-state index contributed by atoms with van der Waals surface area (Å²) in [5, 5.41) is 0. The first-order valence-electron chi connectivity index (χ1n) is 7.04. The van der Waals surface area contributed by atoms with Crippen molar-refractivity contribution in [2.75, 3.05) is 0 Å². The van der Waals surface area contributed by atoms with Crippen LogP contribution in [-0.2, 0) is 12.8 Å². The number of rotatable bonds is 6. The van der Waals surface area contributed by atoms with Gasteiger partial charge in [0.2, 0.25) is 0 Å². The molecule has 0 aliphatic carbocycles. The number of ether oxygens (including phenoxy) is 1. The molecule has 0 heterocycles. The maximum atomic E-state index is 6.32. The van der Waals surface area contributed by atoms with E-state index >= 15 is 0 Å². The fraction of sp³-hybridized carbons (Fsp3) is 0.111. The first-order valence-corrected chi connectivity index (χ1v) is 11.8. The minimum absolute atomic E-state index is 0.678.